The Balaban J connectivity index is 1.63. The minimum Gasteiger partial charge on any atom is -0.489 e. The zero-order chi connectivity index (χ0) is 16.8. The maximum Gasteiger partial charge on any atom is 0.126 e. The molecule has 0 saturated heterocycles. The Bertz CT molecular complexity index is 647. The van der Waals surface area contributed by atoms with Crippen molar-refractivity contribution in [3.63, 3.8) is 0 Å². The highest BCUT2D eigenvalue weighted by Gasteiger charge is 2.15. The third kappa shape index (κ3) is 4.35. The first-order valence-electron chi connectivity index (χ1n) is 8.96. The lowest BCUT2D eigenvalue weighted by Crippen LogP contribution is -2.06. The minimum absolute atomic E-state index is 0.279. The van der Waals surface area contributed by atoms with Gasteiger partial charge in [0.05, 0.1) is 0 Å². The van der Waals surface area contributed by atoms with Crippen LogP contribution in [0.4, 0.5) is 4.39 Å². The maximum atomic E-state index is 13.5. The molecule has 2 nitrogen and oxygen atoms in total. The Morgan fingerprint density at radius 1 is 1.00 bits per heavy atom. The molecule has 1 aliphatic carbocycles. The maximum absolute atomic E-state index is 13.5. The predicted octanol–water partition coefficient (Wildman–Crippen LogP) is 4.95. The van der Waals surface area contributed by atoms with Crippen LogP contribution in [-0.2, 0) is 13.0 Å². The zero-order valence-electron chi connectivity index (χ0n) is 14.1. The highest BCUT2D eigenvalue weighted by molar-refractivity contribution is 5.35. The van der Waals surface area contributed by atoms with Crippen LogP contribution in [0.3, 0.4) is 0 Å². The molecular weight excluding hydrogens is 301 g/mol. The van der Waals surface area contributed by atoms with Gasteiger partial charge in [0.2, 0.25) is 0 Å². The number of nitrogens with two attached hydrogens (primary N) is 1. The molecule has 0 aromatic heterocycles. The van der Waals surface area contributed by atoms with Gasteiger partial charge in [0.25, 0.3) is 0 Å². The third-order valence-corrected chi connectivity index (χ3v) is 4.89. The number of benzene rings is 2. The summed E-state index contributed by atoms with van der Waals surface area (Å²) in [4.78, 5) is 0. The lowest BCUT2D eigenvalue weighted by atomic mass is 9.84. The predicted molar refractivity (Wildman–Crippen MR) is 95.8 cm³/mol. The Morgan fingerprint density at radius 3 is 2.46 bits per heavy atom. The van der Waals surface area contributed by atoms with Gasteiger partial charge in [0.15, 0.2) is 0 Å². The number of hydrogen-bond acceptors (Lipinski definition) is 2. The van der Waals surface area contributed by atoms with Gasteiger partial charge in [-0.3, -0.25) is 0 Å². The van der Waals surface area contributed by atoms with Crippen molar-refractivity contribution in [2.75, 3.05) is 6.54 Å². The van der Waals surface area contributed by atoms with E-state index in [-0.39, 0.29) is 5.82 Å². The Kier molecular flexibility index (Phi) is 5.86. The topological polar surface area (TPSA) is 35.2 Å². The largest absolute Gasteiger partial charge is 0.489 e. The summed E-state index contributed by atoms with van der Waals surface area (Å²) in [6.45, 7) is 0.976. The van der Waals surface area contributed by atoms with Crippen molar-refractivity contribution < 1.29 is 9.13 Å². The van der Waals surface area contributed by atoms with E-state index in [1.165, 1.54) is 49.8 Å². The highest BCUT2D eigenvalue weighted by Crippen LogP contribution is 2.32. The van der Waals surface area contributed by atoms with Crippen molar-refractivity contribution in [1.29, 1.82) is 0 Å². The van der Waals surface area contributed by atoms with Crippen LogP contribution in [0.2, 0.25) is 0 Å². The number of rotatable bonds is 6. The van der Waals surface area contributed by atoms with Crippen molar-refractivity contribution in [2.45, 2.75) is 51.0 Å². The standard InChI is InChI=1S/C21H26FNO/c22-20-11-10-19(12-13-23)21(14-20)24-15-16-6-8-18(9-7-16)17-4-2-1-3-5-17/h6-11,14,17H,1-5,12-13,15,23H2. The number of halogens is 1. The van der Waals surface area contributed by atoms with Gasteiger partial charge >= 0.3 is 0 Å². The van der Waals surface area contributed by atoms with E-state index in [1.807, 2.05) is 0 Å². The normalized spacial score (nSPS) is 15.4. The molecule has 3 heteroatoms. The van der Waals surface area contributed by atoms with E-state index in [1.54, 1.807) is 6.07 Å². The molecule has 24 heavy (non-hydrogen) atoms. The van der Waals surface area contributed by atoms with Crippen LogP contribution in [0, 0.1) is 5.82 Å². The van der Waals surface area contributed by atoms with E-state index in [0.717, 1.165) is 11.1 Å². The van der Waals surface area contributed by atoms with Crippen molar-refractivity contribution in [3.05, 3.63) is 65.0 Å². The first kappa shape index (κ1) is 17.0. The summed E-state index contributed by atoms with van der Waals surface area (Å²) in [5.41, 5.74) is 9.12. The SMILES string of the molecule is NCCc1ccc(F)cc1OCc1ccc(C2CCCCC2)cc1. The summed E-state index contributed by atoms with van der Waals surface area (Å²) in [7, 11) is 0. The molecule has 0 atom stereocenters. The van der Waals surface area contributed by atoms with Crippen LogP contribution in [0.1, 0.15) is 54.7 Å². The van der Waals surface area contributed by atoms with Gasteiger partial charge in [0, 0.05) is 6.07 Å². The van der Waals surface area contributed by atoms with E-state index >= 15 is 0 Å². The summed E-state index contributed by atoms with van der Waals surface area (Å²) < 4.78 is 19.3. The Hall–Kier alpha value is -1.87. The molecule has 0 amide bonds. The summed E-state index contributed by atoms with van der Waals surface area (Å²) >= 11 is 0. The lowest BCUT2D eigenvalue weighted by molar-refractivity contribution is 0.301. The molecule has 128 valence electrons. The molecule has 0 heterocycles. The lowest BCUT2D eigenvalue weighted by Gasteiger charge is -2.22. The molecule has 1 aliphatic rings. The molecule has 2 aromatic rings. The van der Waals surface area contributed by atoms with E-state index in [4.69, 9.17) is 10.5 Å². The van der Waals surface area contributed by atoms with Gasteiger partial charge in [0.1, 0.15) is 18.2 Å². The first-order chi connectivity index (χ1) is 11.8. The van der Waals surface area contributed by atoms with Crippen LogP contribution in [0.5, 0.6) is 5.75 Å². The molecule has 0 unspecified atom stereocenters. The first-order valence-corrected chi connectivity index (χ1v) is 8.96. The van der Waals surface area contributed by atoms with Gasteiger partial charge in [-0.25, -0.2) is 4.39 Å². The van der Waals surface area contributed by atoms with Crippen LogP contribution in [0.25, 0.3) is 0 Å². The molecular formula is C21H26FNO. The Morgan fingerprint density at radius 2 is 1.75 bits per heavy atom. The monoisotopic (exact) mass is 327 g/mol. The van der Waals surface area contributed by atoms with Gasteiger partial charge in [-0.2, -0.15) is 0 Å². The number of hydrogen-bond donors (Lipinski definition) is 1. The van der Waals surface area contributed by atoms with E-state index in [9.17, 15) is 4.39 Å². The highest BCUT2D eigenvalue weighted by atomic mass is 19.1. The van der Waals surface area contributed by atoms with E-state index < -0.39 is 0 Å². The van der Waals surface area contributed by atoms with Crippen molar-refractivity contribution in [1.82, 2.24) is 0 Å². The number of ether oxygens (including phenoxy) is 1. The fraction of sp³-hybridized carbons (Fsp3) is 0.429. The fourth-order valence-electron chi connectivity index (χ4n) is 3.51. The van der Waals surface area contributed by atoms with E-state index in [2.05, 4.69) is 24.3 Å². The van der Waals surface area contributed by atoms with Crippen molar-refractivity contribution in [2.24, 2.45) is 5.73 Å². The van der Waals surface area contributed by atoms with Crippen LogP contribution < -0.4 is 10.5 Å². The smallest absolute Gasteiger partial charge is 0.126 e. The van der Waals surface area contributed by atoms with Crippen LogP contribution in [0.15, 0.2) is 42.5 Å². The van der Waals surface area contributed by atoms with Gasteiger partial charge < -0.3 is 10.5 Å². The molecule has 0 aliphatic heterocycles. The van der Waals surface area contributed by atoms with Crippen molar-refractivity contribution >= 4 is 0 Å². The second-order valence-electron chi connectivity index (χ2n) is 6.66. The van der Waals surface area contributed by atoms with Gasteiger partial charge in [-0.1, -0.05) is 49.6 Å². The third-order valence-electron chi connectivity index (χ3n) is 4.89. The Labute approximate surface area is 143 Å². The average molecular weight is 327 g/mol. The quantitative estimate of drug-likeness (QED) is 0.814. The summed E-state index contributed by atoms with van der Waals surface area (Å²) in [5, 5.41) is 0. The van der Waals surface area contributed by atoms with Gasteiger partial charge in [-0.05, 0) is 54.5 Å². The molecule has 2 N–H and O–H groups in total. The summed E-state index contributed by atoms with van der Waals surface area (Å²) in [6.07, 6.45) is 7.37. The van der Waals surface area contributed by atoms with Crippen LogP contribution in [-0.4, -0.2) is 6.54 Å². The molecule has 3 rings (SSSR count). The molecule has 2 aromatic carbocycles. The molecule has 0 radical (unpaired) electrons. The summed E-state index contributed by atoms with van der Waals surface area (Å²) in [6, 6.07) is 13.4. The molecule has 1 saturated carbocycles. The van der Waals surface area contributed by atoms with E-state index in [0.29, 0.717) is 31.2 Å². The van der Waals surface area contributed by atoms with Gasteiger partial charge in [-0.15, -0.1) is 0 Å². The average Bonchev–Trinajstić information content (AvgIpc) is 2.63. The van der Waals surface area contributed by atoms with Crippen molar-refractivity contribution in [3.8, 4) is 5.75 Å². The molecule has 0 spiro atoms. The second-order valence-corrected chi connectivity index (χ2v) is 6.66. The molecule has 1 fully saturated rings. The minimum atomic E-state index is -0.279. The molecule has 0 bridgehead atoms. The second kappa shape index (κ2) is 8.29. The fourth-order valence-corrected chi connectivity index (χ4v) is 3.51. The van der Waals surface area contributed by atoms with Crippen LogP contribution >= 0.6 is 0 Å². The summed E-state index contributed by atoms with van der Waals surface area (Å²) in [5.74, 6) is 1.03. The zero-order valence-corrected chi connectivity index (χ0v) is 14.1.